The van der Waals surface area contributed by atoms with Crippen LogP contribution in [-0.4, -0.2) is 61.6 Å². The number of alkyl halides is 3. The van der Waals surface area contributed by atoms with E-state index in [2.05, 4.69) is 15.6 Å². The second kappa shape index (κ2) is 11.0. The van der Waals surface area contributed by atoms with Gasteiger partial charge < -0.3 is 15.5 Å². The van der Waals surface area contributed by atoms with Crippen molar-refractivity contribution in [3.63, 3.8) is 0 Å². The van der Waals surface area contributed by atoms with Crippen LogP contribution in [0.4, 0.5) is 13.2 Å². The van der Waals surface area contributed by atoms with Gasteiger partial charge in [0.05, 0.1) is 5.41 Å². The lowest BCUT2D eigenvalue weighted by Gasteiger charge is -2.30. The lowest BCUT2D eigenvalue weighted by molar-refractivity contribution is -0.194. The highest BCUT2D eigenvalue weighted by atomic mass is 19.4. The minimum atomic E-state index is -4.38. The molecule has 196 valence electrons. The Kier molecular flexibility index (Phi) is 8.44. The Morgan fingerprint density at radius 2 is 1.83 bits per heavy atom. The number of aromatic nitrogens is 1. The molecule has 6 nitrogen and oxygen atoms in total. The van der Waals surface area contributed by atoms with Gasteiger partial charge in [-0.3, -0.25) is 14.6 Å². The molecule has 1 aliphatic carbocycles. The largest absolute Gasteiger partial charge is 0.395 e. The van der Waals surface area contributed by atoms with Crippen molar-refractivity contribution in [3.8, 4) is 0 Å². The molecular weight excluding hydrogens is 469 g/mol. The SMILES string of the molecule is CNC(=O)c1ccc(C[C@@H](CNC(=O)C[C@@H](c2ccc(C)nc2)C2(C(F)(F)F)CC2)N(C)C)c(C)c1. The maximum Gasteiger partial charge on any atom is 0.395 e. The molecule has 1 aromatic heterocycles. The second-order valence-corrected chi connectivity index (χ2v) is 9.99. The van der Waals surface area contributed by atoms with Gasteiger partial charge in [0, 0.05) is 49.4 Å². The molecule has 1 heterocycles. The molecule has 0 bridgehead atoms. The number of hydrogen-bond donors (Lipinski definition) is 2. The van der Waals surface area contributed by atoms with Crippen LogP contribution in [0.15, 0.2) is 36.5 Å². The highest BCUT2D eigenvalue weighted by Crippen LogP contribution is 2.66. The Morgan fingerprint density at radius 1 is 1.14 bits per heavy atom. The van der Waals surface area contributed by atoms with Crippen LogP contribution in [0.3, 0.4) is 0 Å². The number of rotatable bonds is 10. The van der Waals surface area contributed by atoms with E-state index >= 15 is 0 Å². The fourth-order valence-corrected chi connectivity index (χ4v) is 4.67. The van der Waals surface area contributed by atoms with Gasteiger partial charge in [0.25, 0.3) is 5.91 Å². The quantitative estimate of drug-likeness (QED) is 0.510. The topological polar surface area (TPSA) is 74.3 Å². The van der Waals surface area contributed by atoms with Crippen molar-refractivity contribution in [2.45, 2.75) is 57.7 Å². The van der Waals surface area contributed by atoms with Crippen LogP contribution in [0.5, 0.6) is 0 Å². The average Bonchev–Trinajstić information content (AvgIpc) is 3.63. The molecular formula is C27H35F3N4O2. The molecule has 3 rings (SSSR count). The third-order valence-corrected chi connectivity index (χ3v) is 7.30. The molecule has 36 heavy (non-hydrogen) atoms. The molecule has 1 aromatic carbocycles. The number of carbonyl (C=O) groups excluding carboxylic acids is 2. The van der Waals surface area contributed by atoms with Gasteiger partial charge in [0.15, 0.2) is 0 Å². The number of amides is 2. The fraction of sp³-hybridized carbons (Fsp3) is 0.519. The number of hydrogen-bond acceptors (Lipinski definition) is 4. The maximum atomic E-state index is 14.0. The number of carbonyl (C=O) groups is 2. The van der Waals surface area contributed by atoms with Crippen molar-refractivity contribution in [2.75, 3.05) is 27.7 Å². The third-order valence-electron chi connectivity index (χ3n) is 7.30. The standard InChI is InChI=1S/C27H35F3N4O2/c1-17-12-20(25(36)31-3)9-8-19(17)13-22(34(4)5)16-33-24(35)14-23(21-7-6-18(2)32-15-21)26(10-11-26)27(28,29)30/h6-9,12,15,22-23H,10-11,13-14,16H2,1-5H3,(H,31,36)(H,33,35)/t22-,23-/m0/s1. The molecule has 0 spiro atoms. The van der Waals surface area contributed by atoms with Crippen molar-refractivity contribution < 1.29 is 22.8 Å². The van der Waals surface area contributed by atoms with E-state index in [1.165, 1.54) is 6.20 Å². The number of pyridine rings is 1. The molecule has 0 saturated heterocycles. The van der Waals surface area contributed by atoms with Crippen LogP contribution in [0.1, 0.15) is 57.9 Å². The van der Waals surface area contributed by atoms with E-state index in [1.807, 2.05) is 38.1 Å². The summed E-state index contributed by atoms with van der Waals surface area (Å²) in [4.78, 5) is 31.0. The first-order valence-electron chi connectivity index (χ1n) is 12.1. The Bertz CT molecular complexity index is 1080. The summed E-state index contributed by atoms with van der Waals surface area (Å²) in [6, 6.07) is 8.76. The molecule has 2 atom stereocenters. The molecule has 2 aromatic rings. The number of nitrogens with one attached hydrogen (secondary N) is 2. The molecule has 0 radical (unpaired) electrons. The fourth-order valence-electron chi connectivity index (χ4n) is 4.67. The van der Waals surface area contributed by atoms with Crippen molar-refractivity contribution >= 4 is 11.8 Å². The zero-order valence-corrected chi connectivity index (χ0v) is 21.5. The summed E-state index contributed by atoms with van der Waals surface area (Å²) >= 11 is 0. The normalized spacial score (nSPS) is 16.4. The van der Waals surface area contributed by atoms with E-state index in [0.29, 0.717) is 29.8 Å². The summed E-state index contributed by atoms with van der Waals surface area (Å²) in [5.74, 6) is -1.54. The average molecular weight is 505 g/mol. The first-order valence-corrected chi connectivity index (χ1v) is 12.1. The van der Waals surface area contributed by atoms with Gasteiger partial charge in [-0.2, -0.15) is 13.2 Å². The van der Waals surface area contributed by atoms with E-state index in [0.717, 1.165) is 11.1 Å². The predicted octanol–water partition coefficient (Wildman–Crippen LogP) is 4.16. The zero-order chi connectivity index (χ0) is 26.7. The summed E-state index contributed by atoms with van der Waals surface area (Å²) in [6.45, 7) is 4.00. The van der Waals surface area contributed by atoms with Crippen molar-refractivity contribution in [3.05, 3.63) is 64.5 Å². The van der Waals surface area contributed by atoms with Crippen LogP contribution >= 0.6 is 0 Å². The van der Waals surface area contributed by atoms with Crippen molar-refractivity contribution in [1.29, 1.82) is 0 Å². The molecule has 1 fully saturated rings. The van der Waals surface area contributed by atoms with Crippen LogP contribution in [0, 0.1) is 19.3 Å². The van der Waals surface area contributed by atoms with E-state index in [4.69, 9.17) is 0 Å². The van der Waals surface area contributed by atoms with Crippen molar-refractivity contribution in [2.24, 2.45) is 5.41 Å². The third kappa shape index (κ3) is 6.24. The van der Waals surface area contributed by atoms with Gasteiger partial charge in [-0.05, 0) is 82.1 Å². The molecule has 0 unspecified atom stereocenters. The Balaban J connectivity index is 1.70. The molecule has 0 aliphatic heterocycles. The Morgan fingerprint density at radius 3 is 2.33 bits per heavy atom. The summed E-state index contributed by atoms with van der Waals surface area (Å²) in [5, 5.41) is 5.48. The van der Waals surface area contributed by atoms with Gasteiger partial charge in [0.1, 0.15) is 0 Å². The molecule has 1 saturated carbocycles. The highest BCUT2D eigenvalue weighted by molar-refractivity contribution is 5.94. The van der Waals surface area contributed by atoms with Crippen molar-refractivity contribution in [1.82, 2.24) is 20.5 Å². The number of likely N-dealkylation sites (N-methyl/N-ethyl adjacent to an activating group) is 1. The minimum Gasteiger partial charge on any atom is -0.355 e. The van der Waals surface area contributed by atoms with Gasteiger partial charge in [-0.1, -0.05) is 12.1 Å². The number of halogens is 3. The Labute approximate surface area is 210 Å². The first kappa shape index (κ1) is 27.6. The van der Waals surface area contributed by atoms with Gasteiger partial charge in [0.2, 0.25) is 5.91 Å². The molecule has 1 aliphatic rings. The number of benzene rings is 1. The minimum absolute atomic E-state index is 0.0218. The van der Waals surface area contributed by atoms with E-state index in [9.17, 15) is 22.8 Å². The summed E-state index contributed by atoms with van der Waals surface area (Å²) in [7, 11) is 5.37. The summed E-state index contributed by atoms with van der Waals surface area (Å²) < 4.78 is 41.9. The van der Waals surface area contributed by atoms with Crippen LogP contribution in [0.25, 0.3) is 0 Å². The lowest BCUT2D eigenvalue weighted by atomic mass is 9.80. The number of aryl methyl sites for hydroxylation is 2. The van der Waals surface area contributed by atoms with Gasteiger partial charge >= 0.3 is 6.18 Å². The van der Waals surface area contributed by atoms with Gasteiger partial charge in [-0.25, -0.2) is 0 Å². The second-order valence-electron chi connectivity index (χ2n) is 9.99. The molecule has 9 heteroatoms. The van der Waals surface area contributed by atoms with Crippen LogP contribution < -0.4 is 10.6 Å². The van der Waals surface area contributed by atoms with E-state index < -0.39 is 23.4 Å². The predicted molar refractivity (Wildman–Crippen MR) is 133 cm³/mol. The van der Waals surface area contributed by atoms with E-state index in [1.54, 1.807) is 32.2 Å². The van der Waals surface area contributed by atoms with Crippen LogP contribution in [-0.2, 0) is 11.2 Å². The van der Waals surface area contributed by atoms with Gasteiger partial charge in [-0.15, -0.1) is 0 Å². The van der Waals surface area contributed by atoms with Crippen LogP contribution in [0.2, 0.25) is 0 Å². The maximum absolute atomic E-state index is 14.0. The summed E-state index contributed by atoms with van der Waals surface area (Å²) in [6.07, 6.45) is -2.50. The first-order chi connectivity index (χ1) is 16.9. The summed E-state index contributed by atoms with van der Waals surface area (Å²) in [5.41, 5.74) is 1.86. The number of nitrogens with zero attached hydrogens (tertiary/aromatic N) is 2. The molecule has 2 amide bonds. The monoisotopic (exact) mass is 504 g/mol. The zero-order valence-electron chi connectivity index (χ0n) is 21.5. The highest BCUT2D eigenvalue weighted by Gasteiger charge is 2.67. The lowest BCUT2D eigenvalue weighted by Crippen LogP contribution is -2.43. The Hall–Kier alpha value is -2.94. The smallest absolute Gasteiger partial charge is 0.355 e. The molecule has 2 N–H and O–H groups in total. The van der Waals surface area contributed by atoms with E-state index in [-0.39, 0.29) is 31.2 Å².